The quantitative estimate of drug-likeness (QED) is 0.730. The second-order valence-corrected chi connectivity index (χ2v) is 4.01. The van der Waals surface area contributed by atoms with E-state index in [0.717, 1.165) is 12.1 Å². The van der Waals surface area contributed by atoms with Crippen LogP contribution in [0, 0.1) is 5.82 Å². The van der Waals surface area contributed by atoms with E-state index >= 15 is 0 Å². The molecule has 0 N–H and O–H groups in total. The highest BCUT2D eigenvalue weighted by Crippen LogP contribution is 2.22. The minimum atomic E-state index is -4.63. The topological polar surface area (TPSA) is 43.4 Å². The van der Waals surface area contributed by atoms with Crippen LogP contribution in [0.5, 0.6) is 5.75 Å². The lowest BCUT2D eigenvalue weighted by molar-refractivity contribution is 0.407. The molecule has 0 aliphatic heterocycles. The Bertz CT molecular complexity index is 428. The molecule has 1 aromatic carbocycles. The highest BCUT2D eigenvalue weighted by Gasteiger charge is 2.13. The summed E-state index contributed by atoms with van der Waals surface area (Å²) in [7, 11) is -3.37. The zero-order valence-corrected chi connectivity index (χ0v) is 8.14. The maximum absolute atomic E-state index is 12.6. The zero-order chi connectivity index (χ0) is 10.8. The highest BCUT2D eigenvalue weighted by molar-refractivity contribution is 7.85. The van der Waals surface area contributed by atoms with Crippen molar-refractivity contribution in [1.29, 1.82) is 0 Å². The van der Waals surface area contributed by atoms with E-state index in [0.29, 0.717) is 0 Å². The SMILES string of the molecule is COc1cc(F)ccc1CS(=O)(=O)F. The van der Waals surface area contributed by atoms with Gasteiger partial charge in [-0.25, -0.2) is 4.39 Å². The van der Waals surface area contributed by atoms with Crippen LogP contribution in [-0.2, 0) is 16.0 Å². The van der Waals surface area contributed by atoms with E-state index in [1.54, 1.807) is 0 Å². The van der Waals surface area contributed by atoms with Crippen LogP contribution in [0.4, 0.5) is 8.28 Å². The first-order valence-electron chi connectivity index (χ1n) is 3.67. The molecule has 1 aromatic rings. The van der Waals surface area contributed by atoms with E-state index in [2.05, 4.69) is 0 Å². The maximum atomic E-state index is 12.6. The van der Waals surface area contributed by atoms with Gasteiger partial charge in [0, 0.05) is 11.6 Å². The lowest BCUT2D eigenvalue weighted by Crippen LogP contribution is -1.99. The number of benzene rings is 1. The second kappa shape index (κ2) is 3.91. The third-order valence-electron chi connectivity index (χ3n) is 1.58. The van der Waals surface area contributed by atoms with Gasteiger partial charge in [0.05, 0.1) is 7.11 Å². The van der Waals surface area contributed by atoms with Gasteiger partial charge in [-0.2, -0.15) is 8.42 Å². The predicted octanol–water partition coefficient (Wildman–Crippen LogP) is 1.63. The summed E-state index contributed by atoms with van der Waals surface area (Å²) >= 11 is 0. The Kier molecular flexibility index (Phi) is 3.05. The molecule has 0 aromatic heterocycles. The molecule has 0 amide bonds. The van der Waals surface area contributed by atoms with E-state index in [4.69, 9.17) is 4.74 Å². The van der Waals surface area contributed by atoms with Gasteiger partial charge in [-0.15, -0.1) is 3.89 Å². The number of hydrogen-bond donors (Lipinski definition) is 0. The van der Waals surface area contributed by atoms with Crippen LogP contribution in [0.1, 0.15) is 5.56 Å². The van der Waals surface area contributed by atoms with Gasteiger partial charge < -0.3 is 4.74 Å². The van der Waals surface area contributed by atoms with Gasteiger partial charge in [0.2, 0.25) is 0 Å². The Morgan fingerprint density at radius 3 is 2.57 bits per heavy atom. The van der Waals surface area contributed by atoms with Gasteiger partial charge in [-0.05, 0) is 6.07 Å². The van der Waals surface area contributed by atoms with Crippen LogP contribution in [-0.4, -0.2) is 15.5 Å². The zero-order valence-electron chi connectivity index (χ0n) is 7.33. The predicted molar refractivity (Wildman–Crippen MR) is 46.7 cm³/mol. The lowest BCUT2D eigenvalue weighted by atomic mass is 10.2. The summed E-state index contributed by atoms with van der Waals surface area (Å²) in [6.45, 7) is 0. The van der Waals surface area contributed by atoms with Crippen LogP contribution >= 0.6 is 0 Å². The van der Waals surface area contributed by atoms with Crippen LogP contribution in [0.3, 0.4) is 0 Å². The molecule has 0 heterocycles. The fraction of sp³-hybridized carbons (Fsp3) is 0.250. The molecule has 0 spiro atoms. The van der Waals surface area contributed by atoms with E-state index in [-0.39, 0.29) is 11.3 Å². The van der Waals surface area contributed by atoms with Gasteiger partial charge in [0.1, 0.15) is 17.3 Å². The smallest absolute Gasteiger partial charge is 0.306 e. The maximum Gasteiger partial charge on any atom is 0.306 e. The molecule has 1 rings (SSSR count). The second-order valence-electron chi connectivity index (χ2n) is 2.64. The first kappa shape index (κ1) is 10.9. The summed E-state index contributed by atoms with van der Waals surface area (Å²) in [5.41, 5.74) is 0.0939. The van der Waals surface area contributed by atoms with Crippen LogP contribution in [0.2, 0.25) is 0 Å². The number of methoxy groups -OCH3 is 1. The number of hydrogen-bond acceptors (Lipinski definition) is 3. The van der Waals surface area contributed by atoms with Gasteiger partial charge >= 0.3 is 10.2 Å². The largest absolute Gasteiger partial charge is 0.496 e. The summed E-state index contributed by atoms with van der Waals surface area (Å²) in [5.74, 6) is -1.36. The van der Waals surface area contributed by atoms with Crippen molar-refractivity contribution in [3.05, 3.63) is 29.6 Å². The molecule has 0 aliphatic carbocycles. The first-order valence-corrected chi connectivity index (χ1v) is 5.22. The van der Waals surface area contributed by atoms with Crippen molar-refractivity contribution < 1.29 is 21.4 Å². The standard InChI is InChI=1S/C8H8F2O3S/c1-13-8-4-7(9)3-2-6(8)5-14(10,11)12/h2-4H,5H2,1H3. The Balaban J connectivity index is 3.09. The molecular formula is C8H8F2O3S. The Hall–Kier alpha value is -1.17. The summed E-state index contributed by atoms with van der Waals surface area (Å²) in [5, 5.41) is 0. The molecule has 0 atom stereocenters. The van der Waals surface area contributed by atoms with Crippen molar-refractivity contribution in [1.82, 2.24) is 0 Å². The molecule has 3 nitrogen and oxygen atoms in total. The molecule has 0 saturated heterocycles. The molecule has 0 aliphatic rings. The Morgan fingerprint density at radius 1 is 1.43 bits per heavy atom. The fourth-order valence-electron chi connectivity index (χ4n) is 1.02. The van der Waals surface area contributed by atoms with Crippen molar-refractivity contribution in [3.63, 3.8) is 0 Å². The number of rotatable bonds is 3. The lowest BCUT2D eigenvalue weighted by Gasteiger charge is -2.05. The average Bonchev–Trinajstić information content (AvgIpc) is 2.06. The van der Waals surface area contributed by atoms with Crippen molar-refractivity contribution in [3.8, 4) is 5.75 Å². The fourth-order valence-corrected chi connectivity index (χ4v) is 1.63. The summed E-state index contributed by atoms with van der Waals surface area (Å²) < 4.78 is 50.3. The molecule has 78 valence electrons. The Labute approximate surface area is 80.5 Å². The van der Waals surface area contributed by atoms with Crippen LogP contribution in [0.25, 0.3) is 0 Å². The highest BCUT2D eigenvalue weighted by atomic mass is 32.3. The summed E-state index contributed by atoms with van der Waals surface area (Å²) in [4.78, 5) is 0. The molecular weight excluding hydrogens is 214 g/mol. The number of halogens is 2. The van der Waals surface area contributed by atoms with Gasteiger partial charge in [0.25, 0.3) is 0 Å². The van der Waals surface area contributed by atoms with Gasteiger partial charge in [0.15, 0.2) is 0 Å². The van der Waals surface area contributed by atoms with E-state index in [9.17, 15) is 16.7 Å². The van der Waals surface area contributed by atoms with Crippen molar-refractivity contribution in [2.24, 2.45) is 0 Å². The minimum absolute atomic E-state index is 0.0197. The third-order valence-corrected chi connectivity index (χ3v) is 2.23. The van der Waals surface area contributed by atoms with Crippen LogP contribution in [0.15, 0.2) is 18.2 Å². The number of ether oxygens (including phenoxy) is 1. The van der Waals surface area contributed by atoms with Gasteiger partial charge in [-0.3, -0.25) is 0 Å². The van der Waals surface area contributed by atoms with Crippen molar-refractivity contribution >= 4 is 10.2 Å². The first-order chi connectivity index (χ1) is 6.42. The van der Waals surface area contributed by atoms with E-state index in [1.165, 1.54) is 13.2 Å². The minimum Gasteiger partial charge on any atom is -0.496 e. The normalized spacial score (nSPS) is 11.4. The molecule has 0 unspecified atom stereocenters. The summed E-state index contributed by atoms with van der Waals surface area (Å²) in [6, 6.07) is 3.22. The molecule has 14 heavy (non-hydrogen) atoms. The molecule has 0 saturated carbocycles. The van der Waals surface area contributed by atoms with E-state index in [1.807, 2.05) is 0 Å². The molecule has 0 fully saturated rings. The average molecular weight is 222 g/mol. The van der Waals surface area contributed by atoms with Crippen LogP contribution < -0.4 is 4.74 Å². The molecule has 6 heteroatoms. The monoisotopic (exact) mass is 222 g/mol. The van der Waals surface area contributed by atoms with E-state index < -0.39 is 21.8 Å². The summed E-state index contributed by atoms with van der Waals surface area (Å²) in [6.07, 6.45) is 0. The third kappa shape index (κ3) is 2.95. The molecule has 0 bridgehead atoms. The van der Waals surface area contributed by atoms with Crippen molar-refractivity contribution in [2.45, 2.75) is 5.75 Å². The molecule has 0 radical (unpaired) electrons. The Morgan fingerprint density at radius 2 is 2.07 bits per heavy atom. The van der Waals surface area contributed by atoms with Crippen molar-refractivity contribution in [2.75, 3.05) is 7.11 Å². The van der Waals surface area contributed by atoms with Gasteiger partial charge in [-0.1, -0.05) is 6.07 Å².